The third kappa shape index (κ3) is 2.40. The number of benzene rings is 1. The zero-order valence-electron chi connectivity index (χ0n) is 9.24. The lowest BCUT2D eigenvalue weighted by molar-refractivity contribution is 0.885. The Hall–Kier alpha value is -1.99. The van der Waals surface area contributed by atoms with E-state index in [-0.39, 0.29) is 6.04 Å². The number of H-pyrrole nitrogens is 1. The Morgan fingerprint density at radius 2 is 2.35 bits per heavy atom. The molecule has 0 saturated carbocycles. The van der Waals surface area contributed by atoms with E-state index in [0.29, 0.717) is 10.6 Å². The van der Waals surface area contributed by atoms with E-state index < -0.39 is 0 Å². The van der Waals surface area contributed by atoms with Crippen LogP contribution in [0.2, 0.25) is 5.02 Å². The summed E-state index contributed by atoms with van der Waals surface area (Å²) in [5.74, 6) is 0. The molecule has 0 fully saturated rings. The first-order valence-corrected chi connectivity index (χ1v) is 5.54. The minimum Gasteiger partial charge on any atom is -0.377 e. The Bertz CT molecular complexity index is 542. The monoisotopic (exact) mass is 246 g/mol. The Kier molecular flexibility index (Phi) is 3.31. The van der Waals surface area contributed by atoms with E-state index in [2.05, 4.69) is 21.6 Å². The zero-order chi connectivity index (χ0) is 12.3. The van der Waals surface area contributed by atoms with Crippen LogP contribution in [0.1, 0.15) is 24.1 Å². The molecule has 0 bridgehead atoms. The fourth-order valence-corrected chi connectivity index (χ4v) is 1.79. The molecule has 1 unspecified atom stereocenters. The van der Waals surface area contributed by atoms with E-state index >= 15 is 0 Å². The summed E-state index contributed by atoms with van der Waals surface area (Å²) < 4.78 is 0. The molecule has 0 radical (unpaired) electrons. The summed E-state index contributed by atoms with van der Waals surface area (Å²) >= 11 is 5.96. The van der Waals surface area contributed by atoms with Gasteiger partial charge in [0.15, 0.2) is 0 Å². The Balaban J connectivity index is 2.25. The summed E-state index contributed by atoms with van der Waals surface area (Å²) in [4.78, 5) is 0. The van der Waals surface area contributed by atoms with Crippen molar-refractivity contribution < 1.29 is 0 Å². The van der Waals surface area contributed by atoms with Crippen molar-refractivity contribution >= 4 is 17.3 Å². The molecule has 2 N–H and O–H groups in total. The van der Waals surface area contributed by atoms with Gasteiger partial charge in [-0.15, -0.1) is 0 Å². The number of nitrogens with zero attached hydrogens (tertiary/aromatic N) is 2. The second-order valence-electron chi connectivity index (χ2n) is 3.67. The average molecular weight is 247 g/mol. The molecule has 17 heavy (non-hydrogen) atoms. The van der Waals surface area contributed by atoms with Crippen molar-refractivity contribution in [2.24, 2.45) is 0 Å². The van der Waals surface area contributed by atoms with E-state index in [4.69, 9.17) is 16.9 Å². The molecule has 1 aromatic heterocycles. The summed E-state index contributed by atoms with van der Waals surface area (Å²) in [6.45, 7) is 1.99. The van der Waals surface area contributed by atoms with Crippen molar-refractivity contribution in [3.05, 3.63) is 46.7 Å². The second kappa shape index (κ2) is 4.89. The number of hydrogen-bond acceptors (Lipinski definition) is 3. The molecular formula is C12H11ClN4. The molecule has 1 atom stereocenters. The van der Waals surface area contributed by atoms with Crippen LogP contribution < -0.4 is 5.32 Å². The van der Waals surface area contributed by atoms with Gasteiger partial charge in [0, 0.05) is 11.8 Å². The van der Waals surface area contributed by atoms with Gasteiger partial charge in [-0.1, -0.05) is 17.7 Å². The first-order chi connectivity index (χ1) is 8.22. The average Bonchev–Trinajstić information content (AvgIpc) is 2.82. The molecule has 0 aliphatic rings. The first kappa shape index (κ1) is 11.5. The largest absolute Gasteiger partial charge is 0.377 e. The van der Waals surface area contributed by atoms with Crippen molar-refractivity contribution in [1.82, 2.24) is 10.2 Å². The smallest absolute Gasteiger partial charge is 0.103 e. The molecule has 0 aliphatic heterocycles. The molecule has 86 valence electrons. The maximum Gasteiger partial charge on any atom is 0.103 e. The van der Waals surface area contributed by atoms with Crippen LogP contribution in [-0.4, -0.2) is 10.2 Å². The number of aromatic nitrogens is 2. The number of anilines is 1. The fraction of sp³-hybridized carbons (Fsp3) is 0.167. The SMILES string of the molecule is CC(Nc1cccc(Cl)c1C#N)c1cn[nH]c1. The summed E-state index contributed by atoms with van der Waals surface area (Å²) in [7, 11) is 0. The summed E-state index contributed by atoms with van der Waals surface area (Å²) in [5, 5.41) is 19.4. The van der Waals surface area contributed by atoms with Gasteiger partial charge in [-0.25, -0.2) is 0 Å². The lowest BCUT2D eigenvalue weighted by Crippen LogP contribution is -2.07. The maximum atomic E-state index is 9.05. The Labute approximate surface area is 104 Å². The Morgan fingerprint density at radius 1 is 1.53 bits per heavy atom. The summed E-state index contributed by atoms with van der Waals surface area (Å²) in [6, 6.07) is 7.50. The highest BCUT2D eigenvalue weighted by molar-refractivity contribution is 6.32. The summed E-state index contributed by atoms with van der Waals surface area (Å²) in [5.41, 5.74) is 2.21. The number of nitrogens with one attached hydrogen (secondary N) is 2. The van der Waals surface area contributed by atoms with Gasteiger partial charge >= 0.3 is 0 Å². The standard InChI is InChI=1S/C12H11ClN4/c1-8(9-6-15-16-7-9)17-12-4-2-3-11(13)10(12)5-14/h2-4,6-8,17H,1H3,(H,15,16). The maximum absolute atomic E-state index is 9.05. The fourth-order valence-electron chi connectivity index (χ4n) is 1.57. The van der Waals surface area contributed by atoms with Crippen LogP contribution in [0.5, 0.6) is 0 Å². The number of aromatic amines is 1. The predicted octanol–water partition coefficient (Wildman–Crippen LogP) is 3.11. The molecule has 5 heteroatoms. The first-order valence-electron chi connectivity index (χ1n) is 5.16. The Morgan fingerprint density at radius 3 is 3.00 bits per heavy atom. The van der Waals surface area contributed by atoms with E-state index in [1.165, 1.54) is 0 Å². The van der Waals surface area contributed by atoms with Crippen molar-refractivity contribution in [2.45, 2.75) is 13.0 Å². The van der Waals surface area contributed by atoms with Crippen LogP contribution in [0.15, 0.2) is 30.6 Å². The molecule has 0 aliphatic carbocycles. The minimum atomic E-state index is 0.0549. The van der Waals surface area contributed by atoms with Crippen LogP contribution in [0.25, 0.3) is 0 Å². The lowest BCUT2D eigenvalue weighted by atomic mass is 10.1. The lowest BCUT2D eigenvalue weighted by Gasteiger charge is -2.15. The van der Waals surface area contributed by atoms with Crippen LogP contribution in [0.4, 0.5) is 5.69 Å². The van der Waals surface area contributed by atoms with Crippen LogP contribution in [0, 0.1) is 11.3 Å². The van der Waals surface area contributed by atoms with Gasteiger partial charge in [-0.3, -0.25) is 5.10 Å². The van der Waals surface area contributed by atoms with E-state index in [1.54, 1.807) is 12.3 Å². The molecule has 1 aromatic carbocycles. The number of halogens is 1. The molecule has 0 saturated heterocycles. The normalized spacial score (nSPS) is 11.8. The van der Waals surface area contributed by atoms with Gasteiger partial charge in [0.2, 0.25) is 0 Å². The molecule has 2 rings (SSSR count). The van der Waals surface area contributed by atoms with Gasteiger partial charge < -0.3 is 5.32 Å². The van der Waals surface area contributed by atoms with Crippen LogP contribution >= 0.6 is 11.6 Å². The molecule has 1 heterocycles. The van der Waals surface area contributed by atoms with Gasteiger partial charge in [-0.2, -0.15) is 10.4 Å². The van der Waals surface area contributed by atoms with E-state index in [9.17, 15) is 0 Å². The van der Waals surface area contributed by atoms with Crippen molar-refractivity contribution in [3.8, 4) is 6.07 Å². The second-order valence-corrected chi connectivity index (χ2v) is 4.08. The molecule has 4 nitrogen and oxygen atoms in total. The topological polar surface area (TPSA) is 64.5 Å². The number of rotatable bonds is 3. The molecular weight excluding hydrogens is 236 g/mol. The molecule has 0 amide bonds. The molecule has 0 spiro atoms. The number of nitriles is 1. The highest BCUT2D eigenvalue weighted by Gasteiger charge is 2.10. The highest BCUT2D eigenvalue weighted by atomic mass is 35.5. The quantitative estimate of drug-likeness (QED) is 0.875. The number of hydrogen-bond donors (Lipinski definition) is 2. The zero-order valence-corrected chi connectivity index (χ0v) is 9.99. The summed E-state index contributed by atoms with van der Waals surface area (Å²) in [6.07, 6.45) is 3.56. The van der Waals surface area contributed by atoms with Crippen molar-refractivity contribution in [2.75, 3.05) is 5.32 Å². The van der Waals surface area contributed by atoms with Gasteiger partial charge in [0.1, 0.15) is 6.07 Å². The van der Waals surface area contributed by atoms with E-state index in [1.807, 2.05) is 25.3 Å². The predicted molar refractivity (Wildman–Crippen MR) is 66.8 cm³/mol. The molecule has 2 aromatic rings. The van der Waals surface area contributed by atoms with Gasteiger partial charge in [0.25, 0.3) is 0 Å². The third-order valence-electron chi connectivity index (χ3n) is 2.52. The van der Waals surface area contributed by atoms with Gasteiger partial charge in [-0.05, 0) is 19.1 Å². The highest BCUT2D eigenvalue weighted by Crippen LogP contribution is 2.26. The van der Waals surface area contributed by atoms with Crippen LogP contribution in [-0.2, 0) is 0 Å². The van der Waals surface area contributed by atoms with Crippen molar-refractivity contribution in [1.29, 1.82) is 5.26 Å². The third-order valence-corrected chi connectivity index (χ3v) is 2.83. The minimum absolute atomic E-state index is 0.0549. The van der Waals surface area contributed by atoms with Gasteiger partial charge in [0.05, 0.1) is 28.5 Å². The van der Waals surface area contributed by atoms with E-state index in [0.717, 1.165) is 11.3 Å². The van der Waals surface area contributed by atoms with Crippen molar-refractivity contribution in [3.63, 3.8) is 0 Å². The van der Waals surface area contributed by atoms with Crippen LogP contribution in [0.3, 0.4) is 0 Å².